The van der Waals surface area contributed by atoms with E-state index in [9.17, 15) is 9.59 Å². The summed E-state index contributed by atoms with van der Waals surface area (Å²) in [6.07, 6.45) is 2.05. The normalized spacial score (nSPS) is 21.4. The van der Waals surface area contributed by atoms with E-state index < -0.39 is 18.0 Å². The molecule has 18 heavy (non-hydrogen) atoms. The number of aliphatic carboxylic acids is 1. The number of amides is 2. The first kappa shape index (κ1) is 14.8. The van der Waals surface area contributed by atoms with Gasteiger partial charge in [0.25, 0.3) is 0 Å². The molecule has 6 nitrogen and oxygen atoms in total. The van der Waals surface area contributed by atoms with Gasteiger partial charge >= 0.3 is 12.0 Å². The second-order valence-electron chi connectivity index (χ2n) is 5.00. The number of nitrogens with one attached hydrogen (secondary N) is 2. The van der Waals surface area contributed by atoms with Crippen LogP contribution < -0.4 is 10.6 Å². The molecule has 1 rings (SSSR count). The van der Waals surface area contributed by atoms with E-state index in [0.717, 1.165) is 19.4 Å². The Kier molecular flexibility index (Phi) is 5.91. The fraction of sp³-hybridized carbons (Fsp3) is 0.833. The maximum Gasteiger partial charge on any atom is 0.326 e. The van der Waals surface area contributed by atoms with Crippen LogP contribution in [0.1, 0.15) is 26.7 Å². The lowest BCUT2D eigenvalue weighted by Gasteiger charge is -2.23. The number of carboxylic acids is 1. The molecule has 0 bridgehead atoms. The Hall–Kier alpha value is -1.30. The van der Waals surface area contributed by atoms with Crippen LogP contribution in [-0.2, 0) is 9.53 Å². The Balaban J connectivity index is 2.29. The minimum atomic E-state index is -1.01. The highest BCUT2D eigenvalue weighted by molar-refractivity contribution is 5.82. The first-order chi connectivity index (χ1) is 8.50. The maximum atomic E-state index is 11.6. The van der Waals surface area contributed by atoms with E-state index in [2.05, 4.69) is 10.6 Å². The number of rotatable bonds is 5. The molecule has 1 aliphatic heterocycles. The molecular formula is C12H22N2O4. The van der Waals surface area contributed by atoms with E-state index in [1.54, 1.807) is 13.8 Å². The van der Waals surface area contributed by atoms with Crippen molar-refractivity contribution in [2.45, 2.75) is 32.7 Å². The molecule has 0 spiro atoms. The molecular weight excluding hydrogens is 236 g/mol. The highest BCUT2D eigenvalue weighted by Gasteiger charge is 2.23. The van der Waals surface area contributed by atoms with E-state index in [-0.39, 0.29) is 5.92 Å². The van der Waals surface area contributed by atoms with E-state index >= 15 is 0 Å². The molecule has 2 atom stereocenters. The van der Waals surface area contributed by atoms with E-state index in [1.165, 1.54) is 0 Å². The van der Waals surface area contributed by atoms with Crippen LogP contribution >= 0.6 is 0 Å². The highest BCUT2D eigenvalue weighted by Crippen LogP contribution is 2.12. The van der Waals surface area contributed by atoms with Crippen molar-refractivity contribution in [2.75, 3.05) is 19.8 Å². The molecule has 3 N–H and O–H groups in total. The standard InChI is InChI=1S/C12H22N2O4/c1-8(2)10(11(15)16)14-12(17)13-6-9-4-3-5-18-7-9/h8-10H,3-7H2,1-2H3,(H,15,16)(H2,13,14,17)/t9?,10-/m0/s1. The zero-order valence-corrected chi connectivity index (χ0v) is 10.9. The maximum absolute atomic E-state index is 11.6. The minimum Gasteiger partial charge on any atom is -0.480 e. The lowest BCUT2D eigenvalue weighted by molar-refractivity contribution is -0.140. The second kappa shape index (κ2) is 7.20. The van der Waals surface area contributed by atoms with Gasteiger partial charge in [-0.15, -0.1) is 0 Å². The molecule has 0 aromatic rings. The molecule has 1 aliphatic rings. The molecule has 0 radical (unpaired) electrons. The summed E-state index contributed by atoms with van der Waals surface area (Å²) in [4.78, 5) is 22.5. The molecule has 0 aromatic heterocycles. The van der Waals surface area contributed by atoms with Gasteiger partial charge in [-0.05, 0) is 24.7 Å². The number of hydrogen-bond donors (Lipinski definition) is 3. The summed E-state index contributed by atoms with van der Waals surface area (Å²) in [5.41, 5.74) is 0. The van der Waals surface area contributed by atoms with Crippen LogP contribution in [0.4, 0.5) is 4.79 Å². The van der Waals surface area contributed by atoms with Crippen LogP contribution in [0.5, 0.6) is 0 Å². The van der Waals surface area contributed by atoms with Crippen molar-refractivity contribution in [3.8, 4) is 0 Å². The van der Waals surface area contributed by atoms with Gasteiger partial charge in [0.05, 0.1) is 6.61 Å². The van der Waals surface area contributed by atoms with E-state index in [4.69, 9.17) is 9.84 Å². The molecule has 1 fully saturated rings. The van der Waals surface area contributed by atoms with Crippen molar-refractivity contribution < 1.29 is 19.4 Å². The third kappa shape index (κ3) is 4.91. The number of carbonyl (C=O) groups is 2. The smallest absolute Gasteiger partial charge is 0.326 e. The van der Waals surface area contributed by atoms with Crippen LogP contribution in [-0.4, -0.2) is 42.9 Å². The van der Waals surface area contributed by atoms with E-state index in [0.29, 0.717) is 19.1 Å². The Morgan fingerprint density at radius 3 is 2.67 bits per heavy atom. The van der Waals surface area contributed by atoms with Crippen molar-refractivity contribution in [2.24, 2.45) is 11.8 Å². The van der Waals surface area contributed by atoms with Gasteiger partial charge in [-0.3, -0.25) is 0 Å². The van der Waals surface area contributed by atoms with Crippen LogP contribution in [0.25, 0.3) is 0 Å². The van der Waals surface area contributed by atoms with Gasteiger partial charge < -0.3 is 20.5 Å². The van der Waals surface area contributed by atoms with Crippen LogP contribution in [0.15, 0.2) is 0 Å². The Bertz CT molecular complexity index is 288. The average Bonchev–Trinajstić information content (AvgIpc) is 2.34. The molecule has 6 heteroatoms. The van der Waals surface area contributed by atoms with Crippen molar-refractivity contribution in [1.29, 1.82) is 0 Å². The molecule has 2 amide bonds. The average molecular weight is 258 g/mol. The Morgan fingerprint density at radius 2 is 2.17 bits per heavy atom. The van der Waals surface area contributed by atoms with Crippen molar-refractivity contribution >= 4 is 12.0 Å². The van der Waals surface area contributed by atoms with E-state index in [1.807, 2.05) is 0 Å². The van der Waals surface area contributed by atoms with Gasteiger partial charge in [0, 0.05) is 13.2 Å². The first-order valence-electron chi connectivity index (χ1n) is 6.35. The van der Waals surface area contributed by atoms with Gasteiger partial charge in [0.1, 0.15) is 6.04 Å². The third-order valence-corrected chi connectivity index (χ3v) is 3.03. The van der Waals surface area contributed by atoms with Gasteiger partial charge in [0.15, 0.2) is 0 Å². The predicted octanol–water partition coefficient (Wildman–Crippen LogP) is 0.821. The van der Waals surface area contributed by atoms with Gasteiger partial charge in [-0.2, -0.15) is 0 Å². The van der Waals surface area contributed by atoms with Crippen molar-refractivity contribution in [3.63, 3.8) is 0 Å². The minimum absolute atomic E-state index is 0.147. The Labute approximate surface area is 107 Å². The molecule has 1 unspecified atom stereocenters. The second-order valence-corrected chi connectivity index (χ2v) is 5.00. The lowest BCUT2D eigenvalue weighted by Crippen LogP contribution is -2.49. The SMILES string of the molecule is CC(C)[C@H](NC(=O)NCC1CCCOC1)C(=O)O. The van der Waals surface area contributed by atoms with Crippen LogP contribution in [0.3, 0.4) is 0 Å². The summed E-state index contributed by atoms with van der Waals surface area (Å²) >= 11 is 0. The third-order valence-electron chi connectivity index (χ3n) is 3.03. The fourth-order valence-corrected chi connectivity index (χ4v) is 1.91. The molecule has 1 heterocycles. The van der Waals surface area contributed by atoms with Gasteiger partial charge in [-0.25, -0.2) is 9.59 Å². The monoisotopic (exact) mass is 258 g/mol. The summed E-state index contributed by atoms with van der Waals surface area (Å²) < 4.78 is 5.31. The first-order valence-corrected chi connectivity index (χ1v) is 6.35. The molecule has 1 saturated heterocycles. The molecule has 0 saturated carbocycles. The summed E-state index contributed by atoms with van der Waals surface area (Å²) in [5, 5.41) is 14.1. The number of carboxylic acid groups (broad SMARTS) is 1. The molecule has 0 aliphatic carbocycles. The zero-order chi connectivity index (χ0) is 13.5. The number of urea groups is 1. The highest BCUT2D eigenvalue weighted by atomic mass is 16.5. The number of carbonyl (C=O) groups excluding carboxylic acids is 1. The summed E-state index contributed by atoms with van der Waals surface area (Å²) in [7, 11) is 0. The quantitative estimate of drug-likeness (QED) is 0.681. The predicted molar refractivity (Wildman–Crippen MR) is 66.3 cm³/mol. The van der Waals surface area contributed by atoms with Gasteiger partial charge in [-0.1, -0.05) is 13.8 Å². The van der Waals surface area contributed by atoms with Crippen LogP contribution in [0.2, 0.25) is 0 Å². The van der Waals surface area contributed by atoms with Crippen LogP contribution in [0, 0.1) is 11.8 Å². The summed E-state index contributed by atoms with van der Waals surface area (Å²) in [5.74, 6) is -0.834. The van der Waals surface area contributed by atoms with Gasteiger partial charge in [0.2, 0.25) is 0 Å². The fourth-order valence-electron chi connectivity index (χ4n) is 1.91. The molecule has 104 valence electrons. The largest absolute Gasteiger partial charge is 0.480 e. The topological polar surface area (TPSA) is 87.7 Å². The Morgan fingerprint density at radius 1 is 1.44 bits per heavy atom. The lowest BCUT2D eigenvalue weighted by atomic mass is 10.0. The number of hydrogen-bond acceptors (Lipinski definition) is 3. The zero-order valence-electron chi connectivity index (χ0n) is 10.9. The molecule has 0 aromatic carbocycles. The summed E-state index contributed by atoms with van der Waals surface area (Å²) in [6.45, 7) is 5.49. The summed E-state index contributed by atoms with van der Waals surface area (Å²) in [6, 6.07) is -1.28. The number of ether oxygens (including phenoxy) is 1. The van der Waals surface area contributed by atoms with Crippen molar-refractivity contribution in [3.05, 3.63) is 0 Å². The van der Waals surface area contributed by atoms with Crippen molar-refractivity contribution in [1.82, 2.24) is 10.6 Å².